The predicted octanol–water partition coefficient (Wildman–Crippen LogP) is 4.05. The number of ether oxygens (including phenoxy) is 1. The Morgan fingerprint density at radius 1 is 1.13 bits per heavy atom. The van der Waals surface area contributed by atoms with Crippen molar-refractivity contribution >= 4 is 28.8 Å². The van der Waals surface area contributed by atoms with E-state index in [0.717, 1.165) is 46.5 Å². The van der Waals surface area contributed by atoms with Crippen LogP contribution < -0.4 is 4.74 Å². The number of thioether (sulfide) groups is 1. The number of pyridine rings is 1. The zero-order chi connectivity index (χ0) is 21.7. The van der Waals surface area contributed by atoms with Crippen molar-refractivity contribution in [1.29, 1.82) is 0 Å². The first-order valence-corrected chi connectivity index (χ1v) is 11.0. The lowest BCUT2D eigenvalue weighted by Crippen LogP contribution is -2.40. The largest absolute Gasteiger partial charge is 0.493 e. The molecule has 0 N–H and O–H groups in total. The second kappa shape index (κ2) is 9.89. The maximum absolute atomic E-state index is 12.5. The van der Waals surface area contributed by atoms with Gasteiger partial charge >= 0.3 is 0 Å². The second-order valence-corrected chi connectivity index (χ2v) is 8.65. The van der Waals surface area contributed by atoms with Crippen molar-refractivity contribution in [3.05, 3.63) is 59.4 Å². The van der Waals surface area contributed by atoms with Gasteiger partial charge in [0.25, 0.3) is 11.1 Å². The van der Waals surface area contributed by atoms with Crippen LogP contribution >= 0.6 is 11.8 Å². The average Bonchev–Trinajstić information content (AvgIpc) is 3.02. The van der Waals surface area contributed by atoms with E-state index in [-0.39, 0.29) is 0 Å². The summed E-state index contributed by atoms with van der Waals surface area (Å²) in [6.07, 6.45) is 3.99. The van der Waals surface area contributed by atoms with E-state index in [0.29, 0.717) is 13.0 Å². The summed E-state index contributed by atoms with van der Waals surface area (Å²) in [6.45, 7) is 5.98. The second-order valence-electron chi connectivity index (χ2n) is 7.50. The molecule has 158 valence electrons. The fraction of sp³-hybridized carbons (Fsp3) is 0.391. The molecular formula is C23H26N2O4S. The van der Waals surface area contributed by atoms with Crippen LogP contribution in [0.3, 0.4) is 0 Å². The van der Waals surface area contributed by atoms with Crippen LogP contribution in [0.25, 0.3) is 0 Å². The minimum atomic E-state index is -0.566. The number of hydrogen-bond donors (Lipinski definition) is 0. The Morgan fingerprint density at radius 2 is 1.83 bits per heavy atom. The van der Waals surface area contributed by atoms with Gasteiger partial charge in [-0.2, -0.15) is 0 Å². The molecule has 1 aliphatic heterocycles. The zero-order valence-electron chi connectivity index (χ0n) is 17.5. The van der Waals surface area contributed by atoms with Crippen LogP contribution in [-0.4, -0.2) is 38.8 Å². The van der Waals surface area contributed by atoms with Gasteiger partial charge in [0.15, 0.2) is 0 Å². The van der Waals surface area contributed by atoms with E-state index in [9.17, 15) is 14.4 Å². The van der Waals surface area contributed by atoms with Gasteiger partial charge < -0.3 is 4.74 Å². The number of carbonyl (C=O) groups is 3. The monoisotopic (exact) mass is 426 g/mol. The molecule has 3 rings (SSSR count). The molecule has 1 aromatic carbocycles. The van der Waals surface area contributed by atoms with Gasteiger partial charge in [-0.15, -0.1) is 0 Å². The molecule has 2 heterocycles. The molecule has 30 heavy (non-hydrogen) atoms. The van der Waals surface area contributed by atoms with Crippen molar-refractivity contribution in [2.45, 2.75) is 45.3 Å². The maximum Gasteiger partial charge on any atom is 0.295 e. The van der Waals surface area contributed by atoms with Gasteiger partial charge in [-0.05, 0) is 42.2 Å². The summed E-state index contributed by atoms with van der Waals surface area (Å²) >= 11 is 0.919. The summed E-state index contributed by atoms with van der Waals surface area (Å²) in [5, 5.41) is -1.05. The molecule has 0 saturated carbocycles. The Kier molecular flexibility index (Phi) is 7.26. The summed E-state index contributed by atoms with van der Waals surface area (Å²) < 4.78 is 5.79. The van der Waals surface area contributed by atoms with Crippen molar-refractivity contribution in [1.82, 2.24) is 9.88 Å². The fourth-order valence-corrected chi connectivity index (χ4v) is 4.08. The molecule has 1 fully saturated rings. The summed E-state index contributed by atoms with van der Waals surface area (Å²) in [5.41, 5.74) is 3.12. The van der Waals surface area contributed by atoms with Crippen molar-refractivity contribution in [3.63, 3.8) is 0 Å². The lowest BCUT2D eigenvalue weighted by Gasteiger charge is -2.14. The minimum absolute atomic E-state index is 0.394. The number of amides is 3. The van der Waals surface area contributed by atoms with Crippen molar-refractivity contribution < 1.29 is 19.1 Å². The van der Waals surface area contributed by atoms with Crippen molar-refractivity contribution in [2.24, 2.45) is 5.92 Å². The van der Waals surface area contributed by atoms with E-state index in [1.165, 1.54) is 5.56 Å². The van der Waals surface area contributed by atoms with Gasteiger partial charge in [0, 0.05) is 24.2 Å². The van der Waals surface area contributed by atoms with Gasteiger partial charge in [-0.25, -0.2) is 4.90 Å². The van der Waals surface area contributed by atoms with Crippen molar-refractivity contribution in [3.8, 4) is 5.75 Å². The molecule has 0 radical (unpaired) electrons. The molecule has 1 unspecified atom stereocenters. The van der Waals surface area contributed by atoms with Gasteiger partial charge in [-0.1, -0.05) is 50.7 Å². The first kappa shape index (κ1) is 22.0. The number of aryl methyl sites for hydroxylation is 1. The van der Waals surface area contributed by atoms with Gasteiger partial charge in [0.1, 0.15) is 5.75 Å². The highest BCUT2D eigenvalue weighted by atomic mass is 32.2. The van der Waals surface area contributed by atoms with Crippen LogP contribution in [0.4, 0.5) is 4.79 Å². The molecule has 0 aliphatic carbocycles. The first-order chi connectivity index (χ1) is 14.4. The molecule has 3 amide bonds. The summed E-state index contributed by atoms with van der Waals surface area (Å²) in [4.78, 5) is 41.9. The third-order valence-electron chi connectivity index (χ3n) is 4.90. The molecule has 6 nitrogen and oxygen atoms in total. The van der Waals surface area contributed by atoms with Gasteiger partial charge in [-0.3, -0.25) is 19.4 Å². The third-order valence-corrected chi connectivity index (χ3v) is 5.94. The van der Waals surface area contributed by atoms with Crippen LogP contribution in [0.2, 0.25) is 0 Å². The molecule has 2 aromatic rings. The van der Waals surface area contributed by atoms with E-state index < -0.39 is 28.2 Å². The Labute approximate surface area is 181 Å². The lowest BCUT2D eigenvalue weighted by atomic mass is 10.1. The molecule has 1 atom stereocenters. The van der Waals surface area contributed by atoms with E-state index in [1.54, 1.807) is 13.8 Å². The summed E-state index contributed by atoms with van der Waals surface area (Å²) in [7, 11) is 0. The fourth-order valence-electron chi connectivity index (χ4n) is 3.07. The predicted molar refractivity (Wildman–Crippen MR) is 116 cm³/mol. The average molecular weight is 427 g/mol. The molecule has 1 saturated heterocycles. The van der Waals surface area contributed by atoms with Crippen LogP contribution in [0.5, 0.6) is 5.75 Å². The maximum atomic E-state index is 12.5. The van der Waals surface area contributed by atoms with Crippen LogP contribution in [0, 0.1) is 5.92 Å². The Bertz CT molecular complexity index is 910. The summed E-state index contributed by atoms with van der Waals surface area (Å²) in [6, 6.07) is 11.6. The number of benzene rings is 1. The van der Waals surface area contributed by atoms with E-state index in [2.05, 4.69) is 18.0 Å². The standard InChI is InChI=1S/C23H26N2O4S/c1-4-16-5-8-18(24-14-16)11-12-29-19-9-6-17(7-10-19)13-20-22(27)25(23(28)30-20)21(26)15(2)3/h5-10,14-15,20H,4,11-13H2,1-3H3. The van der Waals surface area contributed by atoms with E-state index in [4.69, 9.17) is 4.74 Å². The number of rotatable bonds is 8. The number of hydrogen-bond acceptors (Lipinski definition) is 6. The highest BCUT2D eigenvalue weighted by Gasteiger charge is 2.43. The SMILES string of the molecule is CCc1ccc(CCOc2ccc(CC3SC(=O)N(C(=O)C(C)C)C3=O)cc2)nc1. The molecular weight excluding hydrogens is 400 g/mol. The minimum Gasteiger partial charge on any atom is -0.493 e. The lowest BCUT2D eigenvalue weighted by molar-refractivity contribution is -0.141. The third kappa shape index (κ3) is 5.27. The number of aromatic nitrogens is 1. The zero-order valence-corrected chi connectivity index (χ0v) is 18.3. The van der Waals surface area contributed by atoms with Crippen LogP contribution in [-0.2, 0) is 28.9 Å². The molecule has 0 bridgehead atoms. The highest BCUT2D eigenvalue weighted by molar-refractivity contribution is 8.15. The van der Waals surface area contributed by atoms with Crippen molar-refractivity contribution in [2.75, 3.05) is 6.61 Å². The van der Waals surface area contributed by atoms with Crippen LogP contribution in [0.15, 0.2) is 42.6 Å². The topological polar surface area (TPSA) is 76.6 Å². The highest BCUT2D eigenvalue weighted by Crippen LogP contribution is 2.31. The summed E-state index contributed by atoms with van der Waals surface area (Å²) in [5.74, 6) is -0.524. The number of carbonyl (C=O) groups excluding carboxylic acids is 3. The molecule has 1 aliphatic rings. The smallest absolute Gasteiger partial charge is 0.295 e. The number of imide groups is 3. The van der Waals surface area contributed by atoms with Gasteiger partial charge in [0.05, 0.1) is 11.9 Å². The van der Waals surface area contributed by atoms with Crippen LogP contribution in [0.1, 0.15) is 37.6 Å². The Balaban J connectivity index is 1.51. The van der Waals surface area contributed by atoms with E-state index >= 15 is 0 Å². The van der Waals surface area contributed by atoms with E-state index in [1.807, 2.05) is 36.5 Å². The number of nitrogens with zero attached hydrogens (tertiary/aromatic N) is 2. The normalized spacial score (nSPS) is 16.4. The quantitative estimate of drug-likeness (QED) is 0.634. The molecule has 0 spiro atoms. The molecule has 7 heteroatoms. The first-order valence-electron chi connectivity index (χ1n) is 10.1. The molecule has 1 aromatic heterocycles. The van der Waals surface area contributed by atoms with Gasteiger partial charge in [0.2, 0.25) is 5.91 Å². The Morgan fingerprint density at radius 3 is 2.43 bits per heavy atom. The Hall–Kier alpha value is -2.67.